The Kier molecular flexibility index (Phi) is 4.54. The van der Waals surface area contributed by atoms with E-state index in [4.69, 9.17) is 9.47 Å². The molecule has 1 N–H and O–H groups in total. The summed E-state index contributed by atoms with van der Waals surface area (Å²) in [7, 11) is 1.58. The van der Waals surface area contributed by atoms with Crippen molar-refractivity contribution in [1.82, 2.24) is 0 Å². The minimum absolute atomic E-state index is 0.358. The van der Waals surface area contributed by atoms with Crippen molar-refractivity contribution in [2.45, 2.75) is 38.2 Å². The van der Waals surface area contributed by atoms with Crippen molar-refractivity contribution in [3.63, 3.8) is 0 Å². The summed E-state index contributed by atoms with van der Waals surface area (Å²) in [6, 6.07) is 0. The smallest absolute Gasteiger partial charge is 0.335 e. The zero-order valence-corrected chi connectivity index (χ0v) is 9.49. The number of carboxylic acids is 1. The maximum absolute atomic E-state index is 11.2. The molecular weight excluding hydrogens is 196 g/mol. The third-order valence-electron chi connectivity index (χ3n) is 3.14. The molecule has 0 heterocycles. The fraction of sp³-hybridized carbons (Fsp3) is 0.909. The maximum atomic E-state index is 11.2. The number of hydrogen-bond acceptors (Lipinski definition) is 3. The minimum Gasteiger partial charge on any atom is -0.479 e. The third-order valence-corrected chi connectivity index (χ3v) is 3.14. The lowest BCUT2D eigenvalue weighted by atomic mass is 9.79. The Morgan fingerprint density at radius 2 is 2.00 bits per heavy atom. The monoisotopic (exact) mass is 216 g/mol. The Labute approximate surface area is 90.6 Å². The van der Waals surface area contributed by atoms with Crippen molar-refractivity contribution in [1.29, 1.82) is 0 Å². The van der Waals surface area contributed by atoms with Crippen molar-refractivity contribution < 1.29 is 19.4 Å². The number of ether oxygens (including phenoxy) is 2. The van der Waals surface area contributed by atoms with Crippen LogP contribution in [-0.4, -0.2) is 37.0 Å². The van der Waals surface area contributed by atoms with Crippen LogP contribution in [0, 0.1) is 5.92 Å². The molecule has 4 heteroatoms. The molecule has 0 aromatic rings. The molecule has 0 atom stereocenters. The number of carboxylic acid groups (broad SMARTS) is 1. The van der Waals surface area contributed by atoms with Gasteiger partial charge in [-0.15, -0.1) is 0 Å². The van der Waals surface area contributed by atoms with Gasteiger partial charge in [0.25, 0.3) is 0 Å². The number of methoxy groups -OCH3 is 1. The lowest BCUT2D eigenvalue weighted by molar-refractivity contribution is -0.173. The highest BCUT2D eigenvalue weighted by Crippen LogP contribution is 2.34. The average Bonchev–Trinajstić information content (AvgIpc) is 2.21. The van der Waals surface area contributed by atoms with Crippen LogP contribution in [0.25, 0.3) is 0 Å². The van der Waals surface area contributed by atoms with Gasteiger partial charge in [0.15, 0.2) is 5.60 Å². The molecule has 0 aromatic heterocycles. The van der Waals surface area contributed by atoms with Crippen molar-refractivity contribution in [2.24, 2.45) is 5.92 Å². The molecule has 0 unspecified atom stereocenters. The molecule has 0 spiro atoms. The highest BCUT2D eigenvalue weighted by atomic mass is 16.5. The van der Waals surface area contributed by atoms with Crippen LogP contribution in [0.1, 0.15) is 32.6 Å². The van der Waals surface area contributed by atoms with E-state index in [-0.39, 0.29) is 0 Å². The summed E-state index contributed by atoms with van der Waals surface area (Å²) in [5, 5.41) is 9.21. The van der Waals surface area contributed by atoms with Gasteiger partial charge < -0.3 is 14.6 Å². The quantitative estimate of drug-likeness (QED) is 0.710. The minimum atomic E-state index is -0.953. The van der Waals surface area contributed by atoms with Crippen LogP contribution in [0.3, 0.4) is 0 Å². The second-order valence-electron chi connectivity index (χ2n) is 4.32. The molecule has 0 bridgehead atoms. The SMILES string of the molecule is COCCO[C@]1(C(=O)O)CC[C@@H](C)CC1. The second kappa shape index (κ2) is 5.47. The summed E-state index contributed by atoms with van der Waals surface area (Å²) in [4.78, 5) is 11.2. The molecule has 4 nitrogen and oxygen atoms in total. The largest absolute Gasteiger partial charge is 0.479 e. The van der Waals surface area contributed by atoms with Gasteiger partial charge in [0.1, 0.15) is 0 Å². The molecule has 1 aliphatic rings. The fourth-order valence-electron chi connectivity index (χ4n) is 1.97. The van der Waals surface area contributed by atoms with Crippen molar-refractivity contribution >= 4 is 5.97 Å². The van der Waals surface area contributed by atoms with E-state index in [2.05, 4.69) is 6.92 Å². The highest BCUT2D eigenvalue weighted by Gasteiger charge is 2.42. The summed E-state index contributed by atoms with van der Waals surface area (Å²) in [6.07, 6.45) is 3.10. The van der Waals surface area contributed by atoms with Crippen LogP contribution in [0.2, 0.25) is 0 Å². The predicted molar refractivity (Wildman–Crippen MR) is 55.8 cm³/mol. The third kappa shape index (κ3) is 3.18. The highest BCUT2D eigenvalue weighted by molar-refractivity contribution is 5.77. The number of hydrogen-bond donors (Lipinski definition) is 1. The Bertz CT molecular complexity index is 207. The van der Waals surface area contributed by atoms with Crippen molar-refractivity contribution in [3.05, 3.63) is 0 Å². The Morgan fingerprint density at radius 3 is 2.47 bits per heavy atom. The first-order chi connectivity index (χ1) is 7.10. The van der Waals surface area contributed by atoms with Crippen LogP contribution in [0.5, 0.6) is 0 Å². The molecule has 1 saturated carbocycles. The van der Waals surface area contributed by atoms with E-state index >= 15 is 0 Å². The summed E-state index contributed by atoms with van der Waals surface area (Å²) in [5.74, 6) is -0.214. The van der Waals surface area contributed by atoms with Crippen LogP contribution in [-0.2, 0) is 14.3 Å². The van der Waals surface area contributed by atoms with Gasteiger partial charge in [-0.2, -0.15) is 0 Å². The van der Waals surface area contributed by atoms with Crippen LogP contribution in [0.15, 0.2) is 0 Å². The first kappa shape index (κ1) is 12.5. The normalized spacial score (nSPS) is 31.5. The maximum Gasteiger partial charge on any atom is 0.335 e. The molecule has 0 aliphatic heterocycles. The average molecular weight is 216 g/mol. The summed E-state index contributed by atoms with van der Waals surface area (Å²) in [5.41, 5.74) is -0.953. The molecule has 0 aromatic carbocycles. The molecule has 0 saturated heterocycles. The number of rotatable bonds is 5. The topological polar surface area (TPSA) is 55.8 Å². The molecule has 1 fully saturated rings. The first-order valence-electron chi connectivity index (χ1n) is 5.47. The Morgan fingerprint density at radius 1 is 1.40 bits per heavy atom. The molecular formula is C11H20O4. The predicted octanol–water partition coefficient (Wildman–Crippen LogP) is 1.68. The summed E-state index contributed by atoms with van der Waals surface area (Å²) >= 11 is 0. The molecule has 15 heavy (non-hydrogen) atoms. The summed E-state index contributed by atoms with van der Waals surface area (Å²) in [6.45, 7) is 2.96. The first-order valence-corrected chi connectivity index (χ1v) is 5.47. The van der Waals surface area contributed by atoms with E-state index in [0.717, 1.165) is 12.8 Å². The zero-order chi connectivity index (χ0) is 11.3. The lowest BCUT2D eigenvalue weighted by Crippen LogP contribution is -2.45. The van der Waals surface area contributed by atoms with E-state index in [1.807, 2.05) is 0 Å². The molecule has 88 valence electrons. The van der Waals surface area contributed by atoms with E-state index < -0.39 is 11.6 Å². The zero-order valence-electron chi connectivity index (χ0n) is 9.49. The summed E-state index contributed by atoms with van der Waals surface area (Å²) < 4.78 is 10.4. The molecule has 0 amide bonds. The van der Waals surface area contributed by atoms with Gasteiger partial charge in [0.05, 0.1) is 13.2 Å². The van der Waals surface area contributed by atoms with E-state index in [0.29, 0.717) is 32.0 Å². The van der Waals surface area contributed by atoms with Crippen LogP contribution >= 0.6 is 0 Å². The molecule has 1 rings (SSSR count). The van der Waals surface area contributed by atoms with Gasteiger partial charge in [-0.05, 0) is 31.6 Å². The van der Waals surface area contributed by atoms with Gasteiger partial charge in [-0.3, -0.25) is 0 Å². The Balaban J connectivity index is 2.51. The van der Waals surface area contributed by atoms with Gasteiger partial charge in [0.2, 0.25) is 0 Å². The van der Waals surface area contributed by atoms with Crippen LogP contribution in [0.4, 0.5) is 0 Å². The molecule has 0 radical (unpaired) electrons. The fourth-order valence-corrected chi connectivity index (χ4v) is 1.97. The van der Waals surface area contributed by atoms with E-state index in [1.165, 1.54) is 0 Å². The van der Waals surface area contributed by atoms with Crippen LogP contribution < -0.4 is 0 Å². The van der Waals surface area contributed by atoms with Gasteiger partial charge in [0, 0.05) is 7.11 Å². The van der Waals surface area contributed by atoms with E-state index in [9.17, 15) is 9.90 Å². The second-order valence-corrected chi connectivity index (χ2v) is 4.32. The van der Waals surface area contributed by atoms with E-state index in [1.54, 1.807) is 7.11 Å². The standard InChI is InChI=1S/C11H20O4/c1-9-3-5-11(6-4-9,10(12)13)15-8-7-14-2/h9H,3-8H2,1-2H3,(H,12,13)/t9-,11-. The van der Waals surface area contributed by atoms with Gasteiger partial charge in [-0.25, -0.2) is 4.79 Å². The van der Waals surface area contributed by atoms with Gasteiger partial charge >= 0.3 is 5.97 Å². The number of carbonyl (C=O) groups is 1. The van der Waals surface area contributed by atoms with Crippen molar-refractivity contribution in [3.8, 4) is 0 Å². The number of aliphatic carboxylic acids is 1. The Hall–Kier alpha value is -0.610. The van der Waals surface area contributed by atoms with Gasteiger partial charge in [-0.1, -0.05) is 6.92 Å². The lowest BCUT2D eigenvalue weighted by Gasteiger charge is -2.35. The molecule has 1 aliphatic carbocycles. The van der Waals surface area contributed by atoms with Crippen molar-refractivity contribution in [2.75, 3.05) is 20.3 Å².